The number of unbranched alkanes of at least 4 members (excludes halogenated alkanes) is 8. The van der Waals surface area contributed by atoms with Crippen LogP contribution in [-0.4, -0.2) is 18.2 Å². The van der Waals surface area contributed by atoms with Crippen molar-refractivity contribution in [3.05, 3.63) is 29.8 Å². The minimum absolute atomic E-state index is 0.237. The summed E-state index contributed by atoms with van der Waals surface area (Å²) in [7, 11) is 0. The lowest BCUT2D eigenvalue weighted by Gasteiger charge is -2.31. The number of ether oxygens (including phenoxy) is 1. The van der Waals surface area contributed by atoms with E-state index in [-0.39, 0.29) is 17.5 Å². The Morgan fingerprint density at radius 2 is 1.38 bits per heavy atom. The number of Topliss-reactive ketones (excluding diaryl/α,β-unsaturated/α-hetero) is 2. The highest BCUT2D eigenvalue weighted by Gasteiger charge is 2.34. The van der Waals surface area contributed by atoms with E-state index in [1.165, 1.54) is 63.4 Å². The predicted molar refractivity (Wildman–Crippen MR) is 154 cm³/mol. The fourth-order valence-corrected chi connectivity index (χ4v) is 6.57. The molecule has 0 saturated heterocycles. The third-order valence-corrected chi connectivity index (χ3v) is 9.05. The van der Waals surface area contributed by atoms with Gasteiger partial charge in [-0.3, -0.25) is 9.59 Å². The van der Waals surface area contributed by atoms with Crippen LogP contribution in [0.2, 0.25) is 0 Å². The molecule has 3 nitrogen and oxygen atoms in total. The largest absolute Gasteiger partial charge is 0.494 e. The normalized spacial score (nSPS) is 24.2. The zero-order valence-corrected chi connectivity index (χ0v) is 24.0. The van der Waals surface area contributed by atoms with Crippen LogP contribution in [0.3, 0.4) is 0 Å². The molecule has 0 heterocycles. The van der Waals surface area contributed by atoms with Crippen molar-refractivity contribution >= 4 is 11.6 Å². The van der Waals surface area contributed by atoms with Crippen molar-refractivity contribution in [3.8, 4) is 5.75 Å². The van der Waals surface area contributed by atoms with Crippen LogP contribution in [0.4, 0.5) is 0 Å². The molecule has 0 spiro atoms. The Morgan fingerprint density at radius 1 is 0.757 bits per heavy atom. The Balaban J connectivity index is 1.31. The van der Waals surface area contributed by atoms with Gasteiger partial charge in [0.05, 0.1) is 12.5 Å². The summed E-state index contributed by atoms with van der Waals surface area (Å²) in [5.41, 5.74) is 1.41. The van der Waals surface area contributed by atoms with Gasteiger partial charge in [-0.05, 0) is 80.4 Å². The molecule has 2 aliphatic carbocycles. The number of rotatable bonds is 17. The van der Waals surface area contributed by atoms with Crippen molar-refractivity contribution in [1.29, 1.82) is 0 Å². The lowest BCUT2D eigenvalue weighted by atomic mass is 9.73. The van der Waals surface area contributed by atoms with Crippen LogP contribution < -0.4 is 4.74 Å². The maximum Gasteiger partial charge on any atom is 0.143 e. The Kier molecular flexibility index (Phi) is 13.8. The minimum atomic E-state index is -0.297. The maximum atomic E-state index is 13.0. The van der Waals surface area contributed by atoms with Gasteiger partial charge in [-0.2, -0.15) is 0 Å². The highest BCUT2D eigenvalue weighted by atomic mass is 16.5. The third-order valence-electron chi connectivity index (χ3n) is 9.05. The average Bonchev–Trinajstić information content (AvgIpc) is 2.91. The highest BCUT2D eigenvalue weighted by Crippen LogP contribution is 2.39. The van der Waals surface area contributed by atoms with Crippen molar-refractivity contribution in [2.45, 2.75) is 142 Å². The first kappa shape index (κ1) is 29.9. The number of hydrogen-bond donors (Lipinski definition) is 0. The molecule has 0 bridgehead atoms. The first-order valence-corrected chi connectivity index (χ1v) is 15.9. The fourth-order valence-electron chi connectivity index (χ4n) is 6.57. The van der Waals surface area contributed by atoms with Crippen molar-refractivity contribution in [2.75, 3.05) is 6.61 Å². The van der Waals surface area contributed by atoms with E-state index < -0.39 is 0 Å². The molecule has 0 radical (unpaired) electrons. The van der Waals surface area contributed by atoms with Crippen LogP contribution in [0.15, 0.2) is 24.3 Å². The number of ketones is 2. The highest BCUT2D eigenvalue weighted by molar-refractivity contribution is 6.02. The van der Waals surface area contributed by atoms with Crippen LogP contribution in [0.5, 0.6) is 5.75 Å². The van der Waals surface area contributed by atoms with Gasteiger partial charge in [0.25, 0.3) is 0 Å². The van der Waals surface area contributed by atoms with Gasteiger partial charge >= 0.3 is 0 Å². The Morgan fingerprint density at radius 3 is 2.05 bits per heavy atom. The van der Waals surface area contributed by atoms with Crippen molar-refractivity contribution in [3.63, 3.8) is 0 Å². The lowest BCUT2D eigenvalue weighted by Crippen LogP contribution is -2.32. The molecule has 1 aromatic carbocycles. The molecule has 2 atom stereocenters. The molecule has 0 aliphatic heterocycles. The summed E-state index contributed by atoms with van der Waals surface area (Å²) in [4.78, 5) is 25.7. The van der Waals surface area contributed by atoms with E-state index in [2.05, 4.69) is 38.1 Å². The molecule has 3 rings (SSSR count). The summed E-state index contributed by atoms with van der Waals surface area (Å²) < 4.78 is 5.97. The van der Waals surface area contributed by atoms with Gasteiger partial charge < -0.3 is 4.74 Å². The molecular formula is C34H54O3. The second kappa shape index (κ2) is 17.0. The quantitative estimate of drug-likeness (QED) is 0.155. The second-order valence-corrected chi connectivity index (χ2v) is 12.1. The van der Waals surface area contributed by atoms with Gasteiger partial charge in [-0.25, -0.2) is 0 Å². The molecule has 2 fully saturated rings. The van der Waals surface area contributed by atoms with Gasteiger partial charge in [0, 0.05) is 12.8 Å². The summed E-state index contributed by atoms with van der Waals surface area (Å²) in [5, 5.41) is 0. The molecule has 0 aromatic heterocycles. The lowest BCUT2D eigenvalue weighted by molar-refractivity contribution is -0.136. The first-order valence-electron chi connectivity index (χ1n) is 15.9. The van der Waals surface area contributed by atoms with Crippen LogP contribution >= 0.6 is 0 Å². The number of carbonyl (C=O) groups excluding carboxylic acids is 2. The monoisotopic (exact) mass is 510 g/mol. The zero-order chi connectivity index (χ0) is 26.3. The van der Waals surface area contributed by atoms with Crippen LogP contribution in [0.1, 0.15) is 147 Å². The summed E-state index contributed by atoms with van der Waals surface area (Å²) in [5.74, 6) is 2.74. The second-order valence-electron chi connectivity index (χ2n) is 12.1. The summed E-state index contributed by atoms with van der Waals surface area (Å²) in [6, 6.07) is 8.76. The molecule has 0 N–H and O–H groups in total. The van der Waals surface area contributed by atoms with Crippen LogP contribution in [-0.2, 0) is 9.59 Å². The van der Waals surface area contributed by atoms with Gasteiger partial charge in [0.2, 0.25) is 0 Å². The summed E-state index contributed by atoms with van der Waals surface area (Å²) in [6.45, 7) is 5.30. The smallest absolute Gasteiger partial charge is 0.143 e. The summed E-state index contributed by atoms with van der Waals surface area (Å²) in [6.07, 6.45) is 21.6. The van der Waals surface area contributed by atoms with Gasteiger partial charge in [0.15, 0.2) is 0 Å². The SMILES string of the molecule is CCCCCCCCCOc1ccc([C@H]2CC[C@H](CC(=O)C3CCC(CCCCC)CC3=O)CC2)cc1. The average molecular weight is 511 g/mol. The van der Waals surface area contributed by atoms with E-state index in [0.29, 0.717) is 30.6 Å². The minimum Gasteiger partial charge on any atom is -0.494 e. The molecule has 0 amide bonds. The molecular weight excluding hydrogens is 456 g/mol. The van der Waals surface area contributed by atoms with E-state index in [0.717, 1.165) is 63.7 Å². The van der Waals surface area contributed by atoms with E-state index >= 15 is 0 Å². The van der Waals surface area contributed by atoms with Crippen LogP contribution in [0.25, 0.3) is 0 Å². The van der Waals surface area contributed by atoms with Crippen molar-refractivity contribution < 1.29 is 14.3 Å². The van der Waals surface area contributed by atoms with E-state index in [1.807, 2.05) is 0 Å². The zero-order valence-electron chi connectivity index (χ0n) is 24.0. The maximum absolute atomic E-state index is 13.0. The van der Waals surface area contributed by atoms with Crippen molar-refractivity contribution in [2.24, 2.45) is 17.8 Å². The number of benzene rings is 1. The molecule has 2 saturated carbocycles. The molecule has 208 valence electrons. The Labute approximate surface area is 227 Å². The number of hydrogen-bond acceptors (Lipinski definition) is 3. The van der Waals surface area contributed by atoms with Crippen LogP contribution in [0, 0.1) is 17.8 Å². The topological polar surface area (TPSA) is 43.4 Å². The Bertz CT molecular complexity index is 775. The molecule has 3 heteroatoms. The van der Waals surface area contributed by atoms with Gasteiger partial charge in [-0.1, -0.05) is 90.2 Å². The Hall–Kier alpha value is -1.64. The standard InChI is InChI=1S/C34H54O3/c1-3-5-7-8-9-10-12-24-37-31-21-19-30(20-22-31)29-17-14-28(15-18-29)26-34(36)32-23-16-27(25-33(32)35)13-11-6-4-2/h19-22,27-29,32H,3-18,23-26H2,1-2H3/t27?,28-,29-,32?. The van der Waals surface area contributed by atoms with Crippen molar-refractivity contribution in [1.82, 2.24) is 0 Å². The predicted octanol–water partition coefficient (Wildman–Crippen LogP) is 9.61. The summed E-state index contributed by atoms with van der Waals surface area (Å²) >= 11 is 0. The molecule has 37 heavy (non-hydrogen) atoms. The first-order chi connectivity index (χ1) is 18.1. The van der Waals surface area contributed by atoms with Gasteiger partial charge in [-0.15, -0.1) is 0 Å². The van der Waals surface area contributed by atoms with E-state index in [1.54, 1.807) is 0 Å². The van der Waals surface area contributed by atoms with E-state index in [4.69, 9.17) is 4.74 Å². The molecule has 2 unspecified atom stereocenters. The van der Waals surface area contributed by atoms with E-state index in [9.17, 15) is 9.59 Å². The van der Waals surface area contributed by atoms with Gasteiger partial charge in [0.1, 0.15) is 17.3 Å². The third kappa shape index (κ3) is 10.6. The molecule has 1 aromatic rings. The molecule has 2 aliphatic rings. The fraction of sp³-hybridized carbons (Fsp3) is 0.765. The number of carbonyl (C=O) groups is 2.